The Morgan fingerprint density at radius 1 is 1.21 bits per heavy atom. The molecule has 1 heterocycles. The number of hydrogen-bond donors (Lipinski definition) is 1. The van der Waals surface area contributed by atoms with Crippen LogP contribution in [0.3, 0.4) is 0 Å². The molecule has 0 saturated carbocycles. The van der Waals surface area contributed by atoms with Crippen LogP contribution in [-0.4, -0.2) is 65.7 Å². The van der Waals surface area contributed by atoms with Gasteiger partial charge in [-0.05, 0) is 31.5 Å². The van der Waals surface area contributed by atoms with E-state index in [1.54, 1.807) is 7.05 Å². The molecule has 1 saturated heterocycles. The molecule has 0 aromatic heterocycles. The Morgan fingerprint density at radius 2 is 1.79 bits per heavy atom. The fourth-order valence-corrected chi connectivity index (χ4v) is 3.01. The molecular weight excluding hydrogens is 308 g/mol. The normalized spacial score (nSPS) is 21.5. The third-order valence-electron chi connectivity index (χ3n) is 4.11. The van der Waals surface area contributed by atoms with Crippen molar-refractivity contribution in [1.29, 1.82) is 0 Å². The first kappa shape index (κ1) is 18.4. The average molecular weight is 334 g/mol. The van der Waals surface area contributed by atoms with Gasteiger partial charge in [0.15, 0.2) is 0 Å². The molecule has 24 heavy (non-hydrogen) atoms. The van der Waals surface area contributed by atoms with Crippen molar-refractivity contribution in [3.8, 4) is 0 Å². The van der Waals surface area contributed by atoms with Gasteiger partial charge >= 0.3 is 5.97 Å². The molecule has 6 heteroatoms. The summed E-state index contributed by atoms with van der Waals surface area (Å²) >= 11 is 0. The molecule has 1 aromatic carbocycles. The van der Waals surface area contributed by atoms with Crippen molar-refractivity contribution in [2.75, 3.05) is 26.7 Å². The molecular formula is C18H26N2O4. The first-order valence-corrected chi connectivity index (χ1v) is 8.29. The number of morpholine rings is 1. The molecule has 0 bridgehead atoms. The van der Waals surface area contributed by atoms with Crippen molar-refractivity contribution < 1.29 is 19.4 Å². The van der Waals surface area contributed by atoms with E-state index in [1.165, 1.54) is 4.90 Å². The number of carbonyl (C=O) groups is 2. The van der Waals surface area contributed by atoms with Crippen molar-refractivity contribution >= 4 is 11.9 Å². The van der Waals surface area contributed by atoms with Crippen LogP contribution in [0.25, 0.3) is 0 Å². The topological polar surface area (TPSA) is 70.1 Å². The molecule has 2 rings (SSSR count). The van der Waals surface area contributed by atoms with Crippen LogP contribution < -0.4 is 0 Å². The van der Waals surface area contributed by atoms with Crippen LogP contribution in [0.5, 0.6) is 0 Å². The maximum atomic E-state index is 12.3. The zero-order chi connectivity index (χ0) is 17.7. The van der Waals surface area contributed by atoms with Crippen molar-refractivity contribution in [3.05, 3.63) is 35.4 Å². The summed E-state index contributed by atoms with van der Waals surface area (Å²) in [6, 6.07) is 7.54. The van der Waals surface area contributed by atoms with E-state index in [2.05, 4.69) is 18.7 Å². The van der Waals surface area contributed by atoms with Gasteiger partial charge in [0.1, 0.15) is 0 Å². The molecule has 0 radical (unpaired) electrons. The second-order valence-corrected chi connectivity index (χ2v) is 6.52. The lowest BCUT2D eigenvalue weighted by Crippen LogP contribution is -2.44. The third kappa shape index (κ3) is 5.32. The van der Waals surface area contributed by atoms with E-state index in [1.807, 2.05) is 24.3 Å². The first-order chi connectivity index (χ1) is 11.3. The molecule has 1 amide bonds. The monoisotopic (exact) mass is 334 g/mol. The SMILES string of the molecule is CC1CN(Cc2ccc(C(=O)N(C)CCC(=O)O)cc2)CC(C)O1. The first-order valence-electron chi connectivity index (χ1n) is 8.29. The molecule has 6 nitrogen and oxygen atoms in total. The highest BCUT2D eigenvalue weighted by Crippen LogP contribution is 2.15. The fraction of sp³-hybridized carbons (Fsp3) is 0.556. The Labute approximate surface area is 143 Å². The Bertz CT molecular complexity index is 563. The summed E-state index contributed by atoms with van der Waals surface area (Å²) in [5.41, 5.74) is 1.73. The Morgan fingerprint density at radius 3 is 2.33 bits per heavy atom. The average Bonchev–Trinajstić information content (AvgIpc) is 2.51. The molecule has 0 aliphatic carbocycles. The van der Waals surface area contributed by atoms with Crippen molar-refractivity contribution in [2.24, 2.45) is 0 Å². The molecule has 1 aliphatic heterocycles. The van der Waals surface area contributed by atoms with Crippen molar-refractivity contribution in [2.45, 2.75) is 39.0 Å². The van der Waals surface area contributed by atoms with Crippen LogP contribution in [0.15, 0.2) is 24.3 Å². The molecule has 0 spiro atoms. The number of benzene rings is 1. The molecule has 2 atom stereocenters. The van der Waals surface area contributed by atoms with Gasteiger partial charge in [-0.15, -0.1) is 0 Å². The largest absolute Gasteiger partial charge is 0.481 e. The molecule has 1 N–H and O–H groups in total. The Kier molecular flexibility index (Phi) is 6.34. The zero-order valence-electron chi connectivity index (χ0n) is 14.6. The van der Waals surface area contributed by atoms with Crippen LogP contribution in [-0.2, 0) is 16.1 Å². The van der Waals surface area contributed by atoms with Gasteiger partial charge in [-0.3, -0.25) is 14.5 Å². The maximum Gasteiger partial charge on any atom is 0.305 e. The Hall–Kier alpha value is -1.92. The predicted octanol–water partition coefficient (Wildman–Crippen LogP) is 1.84. The number of carbonyl (C=O) groups excluding carboxylic acids is 1. The van der Waals surface area contributed by atoms with E-state index < -0.39 is 5.97 Å². The minimum atomic E-state index is -0.904. The van der Waals surface area contributed by atoms with Crippen LogP contribution in [0.2, 0.25) is 0 Å². The lowest BCUT2D eigenvalue weighted by molar-refractivity contribution is -0.137. The van der Waals surface area contributed by atoms with Crippen LogP contribution in [0.1, 0.15) is 36.2 Å². The second kappa shape index (κ2) is 8.26. The minimum Gasteiger partial charge on any atom is -0.481 e. The van der Waals surface area contributed by atoms with Gasteiger partial charge in [-0.25, -0.2) is 0 Å². The van der Waals surface area contributed by atoms with Crippen LogP contribution >= 0.6 is 0 Å². The van der Waals surface area contributed by atoms with Crippen LogP contribution in [0, 0.1) is 0 Å². The number of carboxylic acids is 1. The summed E-state index contributed by atoms with van der Waals surface area (Å²) in [6.45, 7) is 7.02. The number of rotatable bonds is 6. The molecule has 1 fully saturated rings. The molecule has 132 valence electrons. The molecule has 1 aliphatic rings. The van der Waals surface area contributed by atoms with Gasteiger partial charge < -0.3 is 14.7 Å². The minimum absolute atomic E-state index is 0.0479. The predicted molar refractivity (Wildman–Crippen MR) is 90.9 cm³/mol. The smallest absolute Gasteiger partial charge is 0.305 e. The van der Waals surface area contributed by atoms with Crippen molar-refractivity contribution in [3.63, 3.8) is 0 Å². The lowest BCUT2D eigenvalue weighted by atomic mass is 10.1. The summed E-state index contributed by atoms with van der Waals surface area (Å²) in [6.07, 6.45) is 0.420. The molecule has 1 aromatic rings. The Balaban J connectivity index is 1.92. The van der Waals surface area contributed by atoms with Gasteiger partial charge in [0.05, 0.1) is 18.6 Å². The van der Waals surface area contributed by atoms with E-state index in [0.717, 1.165) is 25.2 Å². The van der Waals surface area contributed by atoms with E-state index >= 15 is 0 Å². The van der Waals surface area contributed by atoms with Gasteiger partial charge in [-0.2, -0.15) is 0 Å². The number of amides is 1. The van der Waals surface area contributed by atoms with E-state index in [-0.39, 0.29) is 31.1 Å². The van der Waals surface area contributed by atoms with Gasteiger partial charge in [0.25, 0.3) is 5.91 Å². The lowest BCUT2D eigenvalue weighted by Gasteiger charge is -2.35. The molecule has 2 unspecified atom stereocenters. The van der Waals surface area contributed by atoms with E-state index in [4.69, 9.17) is 9.84 Å². The zero-order valence-corrected chi connectivity index (χ0v) is 14.6. The van der Waals surface area contributed by atoms with E-state index in [0.29, 0.717) is 5.56 Å². The summed E-state index contributed by atoms with van der Waals surface area (Å²) < 4.78 is 5.74. The highest BCUT2D eigenvalue weighted by molar-refractivity contribution is 5.94. The number of aliphatic carboxylic acids is 1. The summed E-state index contributed by atoms with van der Waals surface area (Å²) in [4.78, 5) is 26.6. The number of ether oxygens (including phenoxy) is 1. The van der Waals surface area contributed by atoms with Crippen molar-refractivity contribution in [1.82, 2.24) is 9.80 Å². The van der Waals surface area contributed by atoms with Crippen LogP contribution in [0.4, 0.5) is 0 Å². The van der Waals surface area contributed by atoms with Gasteiger partial charge in [-0.1, -0.05) is 12.1 Å². The summed E-state index contributed by atoms with van der Waals surface area (Å²) in [7, 11) is 1.62. The van der Waals surface area contributed by atoms with E-state index in [9.17, 15) is 9.59 Å². The number of hydrogen-bond acceptors (Lipinski definition) is 4. The fourth-order valence-electron chi connectivity index (χ4n) is 3.01. The number of carboxylic acid groups (broad SMARTS) is 1. The number of nitrogens with zero attached hydrogens (tertiary/aromatic N) is 2. The summed E-state index contributed by atoms with van der Waals surface area (Å²) in [5.74, 6) is -1.06. The highest BCUT2D eigenvalue weighted by Gasteiger charge is 2.22. The summed E-state index contributed by atoms with van der Waals surface area (Å²) in [5, 5.41) is 8.69. The third-order valence-corrected chi connectivity index (χ3v) is 4.11. The quantitative estimate of drug-likeness (QED) is 0.860. The highest BCUT2D eigenvalue weighted by atomic mass is 16.5. The standard InChI is InChI=1S/C18H26N2O4/c1-13-10-20(11-14(2)24-13)12-15-4-6-16(7-5-15)18(23)19(3)9-8-17(21)22/h4-7,13-14H,8-12H2,1-3H3,(H,21,22). The maximum absolute atomic E-state index is 12.3. The second-order valence-electron chi connectivity index (χ2n) is 6.52. The van der Waals surface area contributed by atoms with Gasteiger partial charge in [0.2, 0.25) is 0 Å². The van der Waals surface area contributed by atoms with Gasteiger partial charge in [0, 0.05) is 38.8 Å².